The third kappa shape index (κ3) is 3.95. The van der Waals surface area contributed by atoms with Gasteiger partial charge in [0.2, 0.25) is 0 Å². The van der Waals surface area contributed by atoms with Crippen molar-refractivity contribution in [2.75, 3.05) is 19.8 Å². The predicted molar refractivity (Wildman–Crippen MR) is 81.5 cm³/mol. The molecule has 1 aromatic carbocycles. The summed E-state index contributed by atoms with van der Waals surface area (Å²) in [5, 5.41) is 13.1. The Morgan fingerprint density at radius 1 is 1.52 bits per heavy atom. The number of halogens is 2. The zero-order valence-electron chi connectivity index (χ0n) is 11.8. The van der Waals surface area contributed by atoms with Gasteiger partial charge in [0.15, 0.2) is 11.6 Å². The quantitative estimate of drug-likeness (QED) is 0.822. The van der Waals surface area contributed by atoms with E-state index in [1.807, 2.05) is 0 Å². The normalized spacial score (nSPS) is 18.5. The number of hydrogen-bond acceptors (Lipinski definition) is 4. The summed E-state index contributed by atoms with van der Waals surface area (Å²) in [4.78, 5) is 0. The summed E-state index contributed by atoms with van der Waals surface area (Å²) < 4.78 is 19.4. The third-order valence-corrected chi connectivity index (χ3v) is 3.53. The standard InChI is InChI=1S/C15H18ClFN2O2/c1-10-4-5-18-19-14(10)11-8-12(16)15(13(17)9-11)21-7-3-2-6-20/h2-3,8-10,18,20H,4-7H2,1H3/b3-2-. The van der Waals surface area contributed by atoms with Crippen LogP contribution >= 0.6 is 11.6 Å². The summed E-state index contributed by atoms with van der Waals surface area (Å²) in [5.41, 5.74) is 4.39. The predicted octanol–water partition coefficient (Wildman–Crippen LogP) is 2.74. The van der Waals surface area contributed by atoms with Gasteiger partial charge < -0.3 is 15.3 Å². The fraction of sp³-hybridized carbons (Fsp3) is 0.400. The zero-order chi connectivity index (χ0) is 15.2. The molecule has 114 valence electrons. The van der Waals surface area contributed by atoms with Gasteiger partial charge in [-0.15, -0.1) is 0 Å². The van der Waals surface area contributed by atoms with Gasteiger partial charge in [-0.1, -0.05) is 24.6 Å². The summed E-state index contributed by atoms with van der Waals surface area (Å²) in [5.74, 6) is -0.253. The molecule has 1 aliphatic heterocycles. The molecular formula is C15H18ClFN2O2. The number of rotatable bonds is 5. The molecule has 0 aliphatic carbocycles. The number of hydrazone groups is 1. The van der Waals surface area contributed by atoms with Crippen LogP contribution < -0.4 is 10.2 Å². The molecular weight excluding hydrogens is 295 g/mol. The van der Waals surface area contributed by atoms with Gasteiger partial charge in [-0.25, -0.2) is 4.39 Å². The van der Waals surface area contributed by atoms with Crippen LogP contribution in [0.5, 0.6) is 5.75 Å². The zero-order valence-corrected chi connectivity index (χ0v) is 12.5. The summed E-state index contributed by atoms with van der Waals surface area (Å²) >= 11 is 6.10. The Morgan fingerprint density at radius 2 is 2.33 bits per heavy atom. The van der Waals surface area contributed by atoms with E-state index in [-0.39, 0.29) is 29.9 Å². The van der Waals surface area contributed by atoms with Crippen LogP contribution in [0, 0.1) is 11.7 Å². The Labute approximate surface area is 128 Å². The van der Waals surface area contributed by atoms with E-state index in [9.17, 15) is 4.39 Å². The van der Waals surface area contributed by atoms with E-state index in [0.717, 1.165) is 18.7 Å². The van der Waals surface area contributed by atoms with E-state index in [4.69, 9.17) is 21.4 Å². The minimum absolute atomic E-state index is 0.0139. The molecule has 2 N–H and O–H groups in total. The van der Waals surface area contributed by atoms with Gasteiger partial charge in [-0.05, 0) is 24.6 Å². The molecule has 0 fully saturated rings. The summed E-state index contributed by atoms with van der Waals surface area (Å²) in [6, 6.07) is 3.05. The molecule has 0 bridgehead atoms. The number of benzene rings is 1. The molecule has 1 atom stereocenters. The lowest BCUT2D eigenvalue weighted by Gasteiger charge is -2.21. The molecule has 1 aromatic rings. The minimum Gasteiger partial charge on any atom is -0.485 e. The van der Waals surface area contributed by atoms with Crippen molar-refractivity contribution in [3.63, 3.8) is 0 Å². The molecule has 0 saturated carbocycles. The summed E-state index contributed by atoms with van der Waals surface area (Å²) in [6.45, 7) is 2.94. The summed E-state index contributed by atoms with van der Waals surface area (Å²) in [7, 11) is 0. The maximum absolute atomic E-state index is 14.1. The van der Waals surface area contributed by atoms with Gasteiger partial charge in [0.1, 0.15) is 6.61 Å². The first kappa shape index (κ1) is 15.8. The summed E-state index contributed by atoms with van der Waals surface area (Å²) in [6.07, 6.45) is 4.06. The van der Waals surface area contributed by atoms with E-state index in [2.05, 4.69) is 17.5 Å². The van der Waals surface area contributed by atoms with Gasteiger partial charge >= 0.3 is 0 Å². The fourth-order valence-electron chi connectivity index (χ4n) is 2.14. The van der Waals surface area contributed by atoms with Crippen LogP contribution in [-0.4, -0.2) is 30.6 Å². The fourth-order valence-corrected chi connectivity index (χ4v) is 2.40. The van der Waals surface area contributed by atoms with Crippen LogP contribution in [0.2, 0.25) is 5.02 Å². The topological polar surface area (TPSA) is 53.9 Å². The van der Waals surface area contributed by atoms with E-state index in [1.165, 1.54) is 12.1 Å². The van der Waals surface area contributed by atoms with E-state index in [1.54, 1.807) is 12.1 Å². The largest absolute Gasteiger partial charge is 0.485 e. The second-order valence-corrected chi connectivity index (χ2v) is 5.24. The maximum atomic E-state index is 14.1. The Hall–Kier alpha value is -1.59. The van der Waals surface area contributed by atoms with Gasteiger partial charge in [-0.3, -0.25) is 0 Å². The van der Waals surface area contributed by atoms with E-state index < -0.39 is 5.82 Å². The molecule has 2 rings (SSSR count). The van der Waals surface area contributed by atoms with Gasteiger partial charge in [-0.2, -0.15) is 5.10 Å². The Balaban J connectivity index is 2.20. The van der Waals surface area contributed by atoms with Crippen molar-refractivity contribution in [2.24, 2.45) is 11.0 Å². The highest BCUT2D eigenvalue weighted by Gasteiger charge is 2.20. The first-order valence-corrected chi connectivity index (χ1v) is 7.19. The minimum atomic E-state index is -0.518. The lowest BCUT2D eigenvalue weighted by Crippen LogP contribution is -2.27. The molecule has 4 nitrogen and oxygen atoms in total. The average molecular weight is 313 g/mol. The molecule has 0 amide bonds. The van der Waals surface area contributed by atoms with Gasteiger partial charge in [0, 0.05) is 18.0 Å². The van der Waals surface area contributed by atoms with Gasteiger partial charge in [0.25, 0.3) is 0 Å². The number of aliphatic hydroxyl groups excluding tert-OH is 1. The molecule has 6 heteroatoms. The molecule has 1 heterocycles. The van der Waals surface area contributed by atoms with E-state index in [0.29, 0.717) is 5.56 Å². The van der Waals surface area contributed by atoms with Crippen LogP contribution in [-0.2, 0) is 0 Å². The highest BCUT2D eigenvalue weighted by Crippen LogP contribution is 2.31. The molecule has 0 saturated heterocycles. The average Bonchev–Trinajstić information content (AvgIpc) is 2.46. The number of aliphatic hydroxyl groups is 1. The number of hydrogen-bond donors (Lipinski definition) is 2. The highest BCUT2D eigenvalue weighted by atomic mass is 35.5. The van der Waals surface area contributed by atoms with Crippen molar-refractivity contribution in [2.45, 2.75) is 13.3 Å². The van der Waals surface area contributed by atoms with Crippen LogP contribution in [0.1, 0.15) is 18.9 Å². The van der Waals surface area contributed by atoms with Crippen molar-refractivity contribution in [3.8, 4) is 5.75 Å². The van der Waals surface area contributed by atoms with Crippen LogP contribution in [0.25, 0.3) is 0 Å². The second kappa shape index (κ2) is 7.43. The molecule has 0 spiro atoms. The molecule has 1 aliphatic rings. The van der Waals surface area contributed by atoms with Crippen molar-refractivity contribution >= 4 is 17.3 Å². The number of nitrogens with zero attached hydrogens (tertiary/aromatic N) is 1. The van der Waals surface area contributed by atoms with Crippen molar-refractivity contribution in [1.29, 1.82) is 0 Å². The third-order valence-electron chi connectivity index (χ3n) is 3.25. The molecule has 0 aromatic heterocycles. The SMILES string of the molecule is CC1CCNN=C1c1cc(F)c(OC/C=C\CO)c(Cl)c1. The van der Waals surface area contributed by atoms with Crippen molar-refractivity contribution in [1.82, 2.24) is 5.43 Å². The van der Waals surface area contributed by atoms with Crippen molar-refractivity contribution < 1.29 is 14.2 Å². The monoisotopic (exact) mass is 312 g/mol. The van der Waals surface area contributed by atoms with E-state index >= 15 is 0 Å². The number of nitrogens with one attached hydrogen (secondary N) is 1. The first-order valence-electron chi connectivity index (χ1n) is 6.82. The molecule has 1 unspecified atom stereocenters. The lowest BCUT2D eigenvalue weighted by molar-refractivity contribution is 0.330. The lowest BCUT2D eigenvalue weighted by atomic mass is 9.94. The highest BCUT2D eigenvalue weighted by molar-refractivity contribution is 6.32. The second-order valence-electron chi connectivity index (χ2n) is 4.83. The van der Waals surface area contributed by atoms with Crippen LogP contribution in [0.15, 0.2) is 29.4 Å². The molecule has 21 heavy (non-hydrogen) atoms. The molecule has 0 radical (unpaired) electrons. The van der Waals surface area contributed by atoms with Crippen LogP contribution in [0.3, 0.4) is 0 Å². The van der Waals surface area contributed by atoms with Crippen LogP contribution in [0.4, 0.5) is 4.39 Å². The maximum Gasteiger partial charge on any atom is 0.174 e. The van der Waals surface area contributed by atoms with Gasteiger partial charge in [0.05, 0.1) is 17.3 Å². The smallest absolute Gasteiger partial charge is 0.174 e. The first-order chi connectivity index (χ1) is 10.1. The van der Waals surface area contributed by atoms with Crippen molar-refractivity contribution in [3.05, 3.63) is 40.7 Å². The Bertz CT molecular complexity index is 538. The Morgan fingerprint density at radius 3 is 3.00 bits per heavy atom. The number of ether oxygens (including phenoxy) is 1. The Kier molecular flexibility index (Phi) is 5.59.